The standard InChI is InChI=1S/C25H18O9/c1-32-13-4-2-3-11(7-13)14-9-19(29)33-18-10-17(28)21-22(30)23(31)24(34-25(21)20(14)18)12-5-6-15(26)16(27)8-12/h2-8,10,14,26-28,31H,9H2,1H3. The summed E-state index contributed by atoms with van der Waals surface area (Å²) in [4.78, 5) is 25.5. The number of hydrogen-bond donors (Lipinski definition) is 4. The van der Waals surface area contributed by atoms with Gasteiger partial charge in [0.2, 0.25) is 11.2 Å². The number of aromatic hydroxyl groups is 4. The summed E-state index contributed by atoms with van der Waals surface area (Å²) in [6.07, 6.45) is -0.0695. The molecule has 2 heterocycles. The number of benzene rings is 3. The topological polar surface area (TPSA) is 147 Å². The predicted octanol–water partition coefficient (Wildman–Crippen LogP) is 3.73. The summed E-state index contributed by atoms with van der Waals surface area (Å²) >= 11 is 0. The second-order valence-electron chi connectivity index (χ2n) is 7.83. The van der Waals surface area contributed by atoms with Crippen molar-refractivity contribution in [1.82, 2.24) is 0 Å². The maximum Gasteiger partial charge on any atom is 0.312 e. The molecule has 4 N–H and O–H groups in total. The van der Waals surface area contributed by atoms with E-state index in [1.807, 2.05) is 0 Å². The Morgan fingerprint density at radius 2 is 1.74 bits per heavy atom. The minimum Gasteiger partial charge on any atom is -0.507 e. The third-order valence-corrected chi connectivity index (χ3v) is 5.80. The average Bonchev–Trinajstić information content (AvgIpc) is 2.82. The molecular weight excluding hydrogens is 444 g/mol. The summed E-state index contributed by atoms with van der Waals surface area (Å²) in [5.41, 5.74) is 0.131. The van der Waals surface area contributed by atoms with E-state index >= 15 is 0 Å². The molecule has 1 aliphatic rings. The molecule has 0 saturated heterocycles. The highest BCUT2D eigenvalue weighted by molar-refractivity contribution is 5.94. The number of hydrogen-bond acceptors (Lipinski definition) is 9. The van der Waals surface area contributed by atoms with Gasteiger partial charge in [0.1, 0.15) is 28.2 Å². The largest absolute Gasteiger partial charge is 0.507 e. The molecule has 4 aromatic rings. The van der Waals surface area contributed by atoms with E-state index in [2.05, 4.69) is 0 Å². The van der Waals surface area contributed by atoms with Gasteiger partial charge in [-0.25, -0.2) is 0 Å². The number of phenols is 3. The number of methoxy groups -OCH3 is 1. The van der Waals surface area contributed by atoms with Gasteiger partial charge in [-0.3, -0.25) is 9.59 Å². The summed E-state index contributed by atoms with van der Waals surface area (Å²) in [6, 6.07) is 11.8. The number of carbonyl (C=O) groups excluding carboxylic acids is 1. The van der Waals surface area contributed by atoms with Crippen LogP contribution < -0.4 is 14.9 Å². The molecule has 9 nitrogen and oxygen atoms in total. The second kappa shape index (κ2) is 7.73. The van der Waals surface area contributed by atoms with Crippen LogP contribution in [0.15, 0.2) is 57.7 Å². The van der Waals surface area contributed by atoms with Crippen LogP contribution in [-0.2, 0) is 4.79 Å². The van der Waals surface area contributed by atoms with Crippen LogP contribution in [0, 0.1) is 0 Å². The van der Waals surface area contributed by atoms with E-state index in [1.165, 1.54) is 19.2 Å². The minimum atomic E-state index is -0.912. The smallest absolute Gasteiger partial charge is 0.312 e. The Balaban J connectivity index is 1.85. The van der Waals surface area contributed by atoms with Crippen LogP contribution >= 0.6 is 0 Å². The van der Waals surface area contributed by atoms with Crippen molar-refractivity contribution in [2.75, 3.05) is 7.11 Å². The number of ether oxygens (including phenoxy) is 2. The molecule has 0 saturated carbocycles. The summed E-state index contributed by atoms with van der Waals surface area (Å²) in [7, 11) is 1.51. The SMILES string of the molecule is COc1cccc(C2CC(=O)Oc3cc(O)c4c(=O)c(O)c(-c5ccc(O)c(O)c5)oc4c32)c1. The summed E-state index contributed by atoms with van der Waals surface area (Å²) < 4.78 is 16.6. The Kier molecular flexibility index (Phi) is 4.82. The van der Waals surface area contributed by atoms with Gasteiger partial charge in [0, 0.05) is 23.1 Å². The zero-order valence-corrected chi connectivity index (χ0v) is 17.7. The van der Waals surface area contributed by atoms with E-state index < -0.39 is 40.3 Å². The van der Waals surface area contributed by atoms with Crippen molar-refractivity contribution < 1.29 is 39.1 Å². The highest BCUT2D eigenvalue weighted by Gasteiger charge is 2.34. The zero-order valence-electron chi connectivity index (χ0n) is 17.7. The Morgan fingerprint density at radius 3 is 2.47 bits per heavy atom. The molecule has 1 aliphatic heterocycles. The fraction of sp³-hybridized carbons (Fsp3) is 0.120. The lowest BCUT2D eigenvalue weighted by Gasteiger charge is -2.26. The Hall–Kier alpha value is -4.66. The van der Waals surface area contributed by atoms with Crippen LogP contribution in [0.25, 0.3) is 22.3 Å². The van der Waals surface area contributed by atoms with Crippen LogP contribution in [0.5, 0.6) is 34.5 Å². The Morgan fingerprint density at radius 1 is 0.941 bits per heavy atom. The number of fused-ring (bicyclic) bond motifs is 3. The van der Waals surface area contributed by atoms with E-state index in [-0.39, 0.29) is 34.5 Å². The molecule has 1 atom stereocenters. The van der Waals surface area contributed by atoms with Gasteiger partial charge in [0.15, 0.2) is 17.3 Å². The summed E-state index contributed by atoms with van der Waals surface area (Å²) in [5, 5.41) is 40.3. The van der Waals surface area contributed by atoms with Crippen molar-refractivity contribution in [1.29, 1.82) is 0 Å². The first-order valence-electron chi connectivity index (χ1n) is 10.2. The lowest BCUT2D eigenvalue weighted by molar-refractivity contribution is -0.135. The molecule has 0 amide bonds. The van der Waals surface area contributed by atoms with Crippen LogP contribution in [0.3, 0.4) is 0 Å². The van der Waals surface area contributed by atoms with Crippen molar-refractivity contribution >= 4 is 16.9 Å². The molecule has 0 spiro atoms. The molecular formula is C25H18O9. The fourth-order valence-electron chi connectivity index (χ4n) is 4.18. The third kappa shape index (κ3) is 3.25. The molecule has 34 heavy (non-hydrogen) atoms. The van der Waals surface area contributed by atoms with Gasteiger partial charge in [-0.05, 0) is 35.9 Å². The number of esters is 1. The molecule has 0 aliphatic carbocycles. The highest BCUT2D eigenvalue weighted by Crippen LogP contribution is 2.47. The van der Waals surface area contributed by atoms with Gasteiger partial charge < -0.3 is 34.3 Å². The van der Waals surface area contributed by atoms with E-state index in [9.17, 15) is 30.0 Å². The van der Waals surface area contributed by atoms with Crippen molar-refractivity contribution in [3.8, 4) is 45.8 Å². The molecule has 3 aromatic carbocycles. The molecule has 5 rings (SSSR count). The first-order valence-corrected chi connectivity index (χ1v) is 10.2. The van der Waals surface area contributed by atoms with Gasteiger partial charge >= 0.3 is 5.97 Å². The third-order valence-electron chi connectivity index (χ3n) is 5.80. The molecule has 172 valence electrons. The monoisotopic (exact) mass is 462 g/mol. The van der Waals surface area contributed by atoms with Crippen molar-refractivity contribution in [3.63, 3.8) is 0 Å². The lowest BCUT2D eigenvalue weighted by Crippen LogP contribution is -2.22. The van der Waals surface area contributed by atoms with Gasteiger partial charge in [0.05, 0.1) is 13.5 Å². The van der Waals surface area contributed by atoms with Crippen molar-refractivity contribution in [2.45, 2.75) is 12.3 Å². The molecule has 1 unspecified atom stereocenters. The summed E-state index contributed by atoms with van der Waals surface area (Å²) in [6.45, 7) is 0. The van der Waals surface area contributed by atoms with E-state index in [4.69, 9.17) is 13.9 Å². The van der Waals surface area contributed by atoms with Gasteiger partial charge in [-0.1, -0.05) is 12.1 Å². The number of carbonyl (C=O) groups is 1. The Labute approximate surface area is 191 Å². The van der Waals surface area contributed by atoms with Crippen molar-refractivity contribution in [3.05, 3.63) is 69.9 Å². The predicted molar refractivity (Wildman–Crippen MR) is 120 cm³/mol. The normalized spacial score (nSPS) is 15.1. The van der Waals surface area contributed by atoms with E-state index in [0.29, 0.717) is 16.9 Å². The highest BCUT2D eigenvalue weighted by atomic mass is 16.5. The van der Waals surface area contributed by atoms with Crippen LogP contribution in [-0.4, -0.2) is 33.5 Å². The molecule has 9 heteroatoms. The first-order chi connectivity index (χ1) is 16.3. The van der Waals surface area contributed by atoms with Crippen LogP contribution in [0.4, 0.5) is 0 Å². The number of phenolic OH excluding ortho intramolecular Hbond substituents is 3. The first kappa shape index (κ1) is 21.2. The zero-order chi connectivity index (χ0) is 24.1. The van der Waals surface area contributed by atoms with E-state index in [0.717, 1.165) is 12.1 Å². The second-order valence-corrected chi connectivity index (χ2v) is 7.83. The molecule has 0 bridgehead atoms. The molecule has 0 fully saturated rings. The number of rotatable bonds is 3. The minimum absolute atomic E-state index is 0.0161. The lowest BCUT2D eigenvalue weighted by atomic mass is 9.85. The van der Waals surface area contributed by atoms with Gasteiger partial charge in [-0.2, -0.15) is 0 Å². The van der Waals surface area contributed by atoms with Gasteiger partial charge in [0.25, 0.3) is 0 Å². The maximum atomic E-state index is 13.1. The fourth-order valence-corrected chi connectivity index (χ4v) is 4.18. The average molecular weight is 462 g/mol. The van der Waals surface area contributed by atoms with Crippen molar-refractivity contribution in [2.24, 2.45) is 0 Å². The Bertz CT molecular complexity index is 1530. The van der Waals surface area contributed by atoms with Crippen LogP contribution in [0.1, 0.15) is 23.5 Å². The summed E-state index contributed by atoms with van der Waals surface area (Å²) in [5.74, 6) is -3.07. The molecule has 1 aromatic heterocycles. The van der Waals surface area contributed by atoms with Gasteiger partial charge in [-0.15, -0.1) is 0 Å². The quantitative estimate of drug-likeness (QED) is 0.203. The maximum absolute atomic E-state index is 13.1. The molecule has 0 radical (unpaired) electrons. The van der Waals surface area contributed by atoms with Crippen LogP contribution in [0.2, 0.25) is 0 Å². The van der Waals surface area contributed by atoms with E-state index in [1.54, 1.807) is 24.3 Å².